The zero-order valence-electron chi connectivity index (χ0n) is 10.6. The largest absolute Gasteiger partial charge is 0.379 e. The van der Waals surface area contributed by atoms with Crippen LogP contribution >= 0.6 is 0 Å². The molecule has 2 heterocycles. The lowest BCUT2D eigenvalue weighted by Gasteiger charge is -2.19. The van der Waals surface area contributed by atoms with Crippen molar-refractivity contribution >= 4 is 0 Å². The molecule has 2 rings (SSSR count). The van der Waals surface area contributed by atoms with Crippen molar-refractivity contribution in [2.75, 3.05) is 32.8 Å². The monoisotopic (exact) mass is 216 g/mol. The van der Waals surface area contributed by atoms with Crippen LogP contribution < -0.4 is 10.6 Å². The topological polar surface area (TPSA) is 33.3 Å². The predicted molar refractivity (Wildman–Crippen MR) is 66.4 cm³/mol. The van der Waals surface area contributed by atoms with Crippen molar-refractivity contribution in [3.8, 4) is 0 Å². The summed E-state index contributed by atoms with van der Waals surface area (Å²) in [5.74, 6) is 0. The lowest BCUT2D eigenvalue weighted by Crippen LogP contribution is -2.38. The summed E-state index contributed by atoms with van der Waals surface area (Å²) in [6, 6.07) is 0.564. The summed E-state index contributed by atoms with van der Waals surface area (Å²) in [4.78, 5) is 0. The highest BCUT2D eigenvalue weighted by Crippen LogP contribution is 1.96. The van der Waals surface area contributed by atoms with Crippen molar-refractivity contribution in [3.63, 3.8) is 0 Å². The van der Waals surface area contributed by atoms with E-state index in [1.165, 1.54) is 32.4 Å². The summed E-state index contributed by atoms with van der Waals surface area (Å²) in [6.07, 6.45) is 4.22. The summed E-state index contributed by atoms with van der Waals surface area (Å²) >= 11 is 0. The number of hydrogen-bond acceptors (Lipinski definition) is 3. The Bertz CT molecular complexity index is 98.7. The molecule has 15 heavy (non-hydrogen) atoms. The average Bonchev–Trinajstić information content (AvgIpc) is 2.36. The molecule has 0 bridgehead atoms. The first kappa shape index (κ1) is 14.9. The van der Waals surface area contributed by atoms with Crippen LogP contribution in [0.25, 0.3) is 0 Å². The van der Waals surface area contributed by atoms with Crippen LogP contribution in [0.15, 0.2) is 0 Å². The molecule has 0 saturated carbocycles. The van der Waals surface area contributed by atoms with Gasteiger partial charge in [-0.3, -0.25) is 0 Å². The summed E-state index contributed by atoms with van der Waals surface area (Å²) in [6.45, 7) is 11.4. The van der Waals surface area contributed by atoms with Gasteiger partial charge < -0.3 is 15.4 Å². The highest BCUT2D eigenvalue weighted by atomic mass is 16.5. The molecule has 0 aromatic rings. The van der Waals surface area contributed by atoms with Gasteiger partial charge in [-0.1, -0.05) is 20.3 Å². The van der Waals surface area contributed by atoms with Crippen molar-refractivity contribution in [2.45, 2.75) is 46.1 Å². The maximum absolute atomic E-state index is 5.12. The SMILES string of the molecule is C1CCNCC1.CC.C[C@H]1COCCN1. The highest BCUT2D eigenvalue weighted by Gasteiger charge is 2.04. The summed E-state index contributed by atoms with van der Waals surface area (Å²) in [7, 11) is 0. The zero-order chi connectivity index (χ0) is 11.4. The summed E-state index contributed by atoms with van der Waals surface area (Å²) in [5, 5.41) is 6.54. The van der Waals surface area contributed by atoms with E-state index in [1.54, 1.807) is 0 Å². The fraction of sp³-hybridized carbons (Fsp3) is 1.00. The fourth-order valence-corrected chi connectivity index (χ4v) is 1.50. The zero-order valence-corrected chi connectivity index (χ0v) is 10.6. The molecule has 0 spiro atoms. The number of piperidine rings is 1. The van der Waals surface area contributed by atoms with Crippen LogP contribution in [-0.2, 0) is 4.74 Å². The first-order valence-electron chi connectivity index (χ1n) is 6.41. The maximum atomic E-state index is 5.12. The lowest BCUT2D eigenvalue weighted by molar-refractivity contribution is 0.0824. The van der Waals surface area contributed by atoms with E-state index >= 15 is 0 Å². The van der Waals surface area contributed by atoms with Gasteiger partial charge in [0.2, 0.25) is 0 Å². The van der Waals surface area contributed by atoms with Gasteiger partial charge in [-0.05, 0) is 32.9 Å². The van der Waals surface area contributed by atoms with Crippen molar-refractivity contribution < 1.29 is 4.74 Å². The quantitative estimate of drug-likeness (QED) is 0.647. The molecule has 0 amide bonds. The summed E-state index contributed by atoms with van der Waals surface area (Å²) in [5.41, 5.74) is 0. The van der Waals surface area contributed by atoms with Gasteiger partial charge in [-0.2, -0.15) is 0 Å². The predicted octanol–water partition coefficient (Wildman–Crippen LogP) is 1.78. The highest BCUT2D eigenvalue weighted by molar-refractivity contribution is 4.62. The van der Waals surface area contributed by atoms with E-state index in [-0.39, 0.29) is 0 Å². The molecule has 0 aromatic heterocycles. The van der Waals surface area contributed by atoms with Gasteiger partial charge in [0.1, 0.15) is 0 Å². The second kappa shape index (κ2) is 12.0. The Labute approximate surface area is 95.0 Å². The van der Waals surface area contributed by atoms with E-state index in [1.807, 2.05) is 13.8 Å². The van der Waals surface area contributed by atoms with Crippen LogP contribution in [0, 0.1) is 0 Å². The second-order valence-electron chi connectivity index (χ2n) is 3.74. The Kier molecular flexibility index (Phi) is 11.9. The van der Waals surface area contributed by atoms with Crippen LogP contribution in [0.1, 0.15) is 40.0 Å². The van der Waals surface area contributed by atoms with E-state index in [0.29, 0.717) is 6.04 Å². The second-order valence-corrected chi connectivity index (χ2v) is 3.74. The van der Waals surface area contributed by atoms with Crippen molar-refractivity contribution in [1.82, 2.24) is 10.6 Å². The van der Waals surface area contributed by atoms with Gasteiger partial charge in [0.05, 0.1) is 13.2 Å². The molecule has 92 valence electrons. The Hall–Kier alpha value is -0.120. The Balaban J connectivity index is 0.000000227. The van der Waals surface area contributed by atoms with Gasteiger partial charge in [-0.15, -0.1) is 0 Å². The standard InChI is InChI=1S/C5H11NO.C5H11N.C2H6/c1-5-4-7-3-2-6-5;1-2-4-6-5-3-1;1-2/h5-6H,2-4H2,1H3;6H,1-5H2;1-2H3/t5-;;/m0../s1. The Morgan fingerprint density at radius 2 is 1.67 bits per heavy atom. The van der Waals surface area contributed by atoms with E-state index in [0.717, 1.165) is 19.8 Å². The minimum absolute atomic E-state index is 0.564. The molecule has 0 radical (unpaired) electrons. The molecule has 2 saturated heterocycles. The Morgan fingerprint density at radius 3 is 1.87 bits per heavy atom. The fourth-order valence-electron chi connectivity index (χ4n) is 1.50. The number of morpholine rings is 1. The third-order valence-corrected chi connectivity index (χ3v) is 2.31. The van der Waals surface area contributed by atoms with Crippen LogP contribution in [0.5, 0.6) is 0 Å². The summed E-state index contributed by atoms with van der Waals surface area (Å²) < 4.78 is 5.12. The van der Waals surface area contributed by atoms with E-state index in [4.69, 9.17) is 4.74 Å². The first-order chi connectivity index (χ1) is 7.39. The molecule has 3 nitrogen and oxygen atoms in total. The van der Waals surface area contributed by atoms with Crippen LogP contribution in [-0.4, -0.2) is 38.9 Å². The van der Waals surface area contributed by atoms with Gasteiger partial charge >= 0.3 is 0 Å². The average molecular weight is 216 g/mol. The maximum Gasteiger partial charge on any atom is 0.0617 e. The van der Waals surface area contributed by atoms with E-state index in [2.05, 4.69) is 17.6 Å². The normalized spacial score (nSPS) is 25.4. The molecule has 0 aliphatic carbocycles. The molecule has 2 N–H and O–H groups in total. The van der Waals surface area contributed by atoms with Gasteiger partial charge in [0, 0.05) is 12.6 Å². The van der Waals surface area contributed by atoms with Crippen LogP contribution in [0.3, 0.4) is 0 Å². The van der Waals surface area contributed by atoms with E-state index < -0.39 is 0 Å². The van der Waals surface area contributed by atoms with Gasteiger partial charge in [0.15, 0.2) is 0 Å². The van der Waals surface area contributed by atoms with Crippen molar-refractivity contribution in [3.05, 3.63) is 0 Å². The third kappa shape index (κ3) is 10.2. The molecule has 1 atom stereocenters. The third-order valence-electron chi connectivity index (χ3n) is 2.31. The molecular weight excluding hydrogens is 188 g/mol. The molecule has 0 aromatic carbocycles. The first-order valence-corrected chi connectivity index (χ1v) is 6.41. The molecule has 2 fully saturated rings. The number of rotatable bonds is 0. The molecule has 2 aliphatic heterocycles. The molecule has 3 heteroatoms. The minimum Gasteiger partial charge on any atom is -0.379 e. The van der Waals surface area contributed by atoms with Gasteiger partial charge in [0.25, 0.3) is 0 Å². The van der Waals surface area contributed by atoms with Crippen molar-refractivity contribution in [2.24, 2.45) is 0 Å². The van der Waals surface area contributed by atoms with Crippen LogP contribution in [0.4, 0.5) is 0 Å². The molecular formula is C12H28N2O. The van der Waals surface area contributed by atoms with Gasteiger partial charge in [-0.25, -0.2) is 0 Å². The lowest BCUT2D eigenvalue weighted by atomic mass is 10.2. The number of nitrogens with one attached hydrogen (secondary N) is 2. The molecule has 2 aliphatic rings. The molecule has 0 unspecified atom stereocenters. The van der Waals surface area contributed by atoms with Crippen LogP contribution in [0.2, 0.25) is 0 Å². The number of hydrogen-bond donors (Lipinski definition) is 2. The minimum atomic E-state index is 0.564. The Morgan fingerprint density at radius 1 is 1.00 bits per heavy atom. The van der Waals surface area contributed by atoms with Crippen molar-refractivity contribution in [1.29, 1.82) is 0 Å². The van der Waals surface area contributed by atoms with E-state index in [9.17, 15) is 0 Å². The smallest absolute Gasteiger partial charge is 0.0617 e. The number of ether oxygens (including phenoxy) is 1.